The molecule has 0 atom stereocenters. The molecule has 1 aromatic carbocycles. The van der Waals surface area contributed by atoms with Gasteiger partial charge >= 0.3 is 0 Å². The second-order valence-electron chi connectivity index (χ2n) is 5.04. The van der Waals surface area contributed by atoms with Gasteiger partial charge in [0.2, 0.25) is 12.7 Å². The van der Waals surface area contributed by atoms with Crippen LogP contribution in [0.4, 0.5) is 5.95 Å². The molecule has 0 spiro atoms. The minimum atomic E-state index is 0.127. The predicted octanol–water partition coefficient (Wildman–Crippen LogP) is 2.15. The molecule has 1 aliphatic heterocycles. The maximum Gasteiger partial charge on any atom is 0.231 e. The first-order chi connectivity index (χ1) is 10.6. The fourth-order valence-electron chi connectivity index (χ4n) is 2.47. The molecule has 3 aromatic rings. The molecular formula is C14H12ClN5O2. The summed E-state index contributed by atoms with van der Waals surface area (Å²) in [4.78, 5) is 8.15. The van der Waals surface area contributed by atoms with Gasteiger partial charge in [-0.25, -0.2) is 9.67 Å². The van der Waals surface area contributed by atoms with Crippen molar-refractivity contribution in [2.45, 2.75) is 13.5 Å². The molecule has 0 bridgehead atoms. The van der Waals surface area contributed by atoms with Gasteiger partial charge in [0.25, 0.3) is 0 Å². The molecule has 0 fully saturated rings. The molecule has 0 unspecified atom stereocenters. The van der Waals surface area contributed by atoms with E-state index in [0.29, 0.717) is 22.7 Å². The zero-order valence-corrected chi connectivity index (χ0v) is 12.5. The highest BCUT2D eigenvalue weighted by molar-refractivity contribution is 6.34. The molecule has 0 aliphatic carbocycles. The predicted molar refractivity (Wildman–Crippen MR) is 81.1 cm³/mol. The number of benzene rings is 1. The molecule has 3 heterocycles. The summed E-state index contributed by atoms with van der Waals surface area (Å²) in [5.74, 6) is 1.63. The molecule has 112 valence electrons. The van der Waals surface area contributed by atoms with Gasteiger partial charge in [-0.1, -0.05) is 11.6 Å². The highest BCUT2D eigenvalue weighted by Gasteiger charge is 2.17. The van der Waals surface area contributed by atoms with Crippen molar-refractivity contribution >= 4 is 28.6 Å². The zero-order chi connectivity index (χ0) is 15.3. The van der Waals surface area contributed by atoms with E-state index in [1.807, 2.05) is 19.1 Å². The Balaban J connectivity index is 1.78. The van der Waals surface area contributed by atoms with Crippen LogP contribution >= 0.6 is 11.6 Å². The Morgan fingerprint density at radius 3 is 2.86 bits per heavy atom. The third-order valence-electron chi connectivity index (χ3n) is 3.62. The summed E-state index contributed by atoms with van der Waals surface area (Å²) in [7, 11) is 0. The normalized spacial score (nSPS) is 13.0. The average molecular weight is 318 g/mol. The third-order valence-corrected chi connectivity index (χ3v) is 3.91. The Morgan fingerprint density at radius 1 is 1.27 bits per heavy atom. The Morgan fingerprint density at radius 2 is 2.05 bits per heavy atom. The van der Waals surface area contributed by atoms with E-state index < -0.39 is 0 Å². The third kappa shape index (κ3) is 2.01. The van der Waals surface area contributed by atoms with E-state index in [-0.39, 0.29) is 12.7 Å². The monoisotopic (exact) mass is 317 g/mol. The first-order valence-electron chi connectivity index (χ1n) is 6.65. The maximum atomic E-state index is 6.07. The zero-order valence-electron chi connectivity index (χ0n) is 11.7. The topological polar surface area (TPSA) is 88.1 Å². The summed E-state index contributed by atoms with van der Waals surface area (Å²) in [6.07, 6.45) is 1.64. The van der Waals surface area contributed by atoms with Crippen molar-refractivity contribution in [1.29, 1.82) is 0 Å². The highest BCUT2D eigenvalue weighted by Crippen LogP contribution is 2.35. The molecule has 1 aliphatic rings. The molecule has 0 saturated heterocycles. The number of aryl methyl sites for hydroxylation is 1. The van der Waals surface area contributed by atoms with Crippen LogP contribution in [0.15, 0.2) is 18.3 Å². The van der Waals surface area contributed by atoms with Crippen molar-refractivity contribution in [2.24, 2.45) is 0 Å². The van der Waals surface area contributed by atoms with Crippen LogP contribution in [-0.2, 0) is 6.54 Å². The fraction of sp³-hybridized carbons (Fsp3) is 0.214. The number of rotatable bonds is 2. The van der Waals surface area contributed by atoms with E-state index in [0.717, 1.165) is 22.6 Å². The number of aromatic nitrogens is 4. The van der Waals surface area contributed by atoms with Gasteiger partial charge in [0.1, 0.15) is 5.15 Å². The number of fused-ring (bicyclic) bond motifs is 2. The quantitative estimate of drug-likeness (QED) is 0.729. The lowest BCUT2D eigenvalue weighted by Crippen LogP contribution is -2.05. The van der Waals surface area contributed by atoms with Crippen LogP contribution in [0.1, 0.15) is 11.1 Å². The summed E-state index contributed by atoms with van der Waals surface area (Å²) >= 11 is 6.07. The molecule has 7 nitrogen and oxygen atoms in total. The number of nitrogen functional groups attached to an aromatic ring is 1. The first kappa shape index (κ1) is 13.1. The molecule has 2 aromatic heterocycles. The number of nitrogens with two attached hydrogens (primary N) is 1. The van der Waals surface area contributed by atoms with Gasteiger partial charge in [-0.05, 0) is 30.2 Å². The van der Waals surface area contributed by atoms with Gasteiger partial charge in [0.15, 0.2) is 17.1 Å². The van der Waals surface area contributed by atoms with E-state index in [1.54, 1.807) is 10.9 Å². The lowest BCUT2D eigenvalue weighted by molar-refractivity contribution is 0.174. The van der Waals surface area contributed by atoms with Crippen molar-refractivity contribution in [1.82, 2.24) is 19.7 Å². The van der Waals surface area contributed by atoms with Crippen LogP contribution in [0.25, 0.3) is 11.0 Å². The molecule has 4 rings (SSSR count). The van der Waals surface area contributed by atoms with Gasteiger partial charge in [-0.2, -0.15) is 10.1 Å². The van der Waals surface area contributed by atoms with Crippen molar-refractivity contribution in [3.8, 4) is 11.5 Å². The summed E-state index contributed by atoms with van der Waals surface area (Å²) in [5, 5.41) is 5.31. The van der Waals surface area contributed by atoms with Crippen LogP contribution in [0.2, 0.25) is 5.15 Å². The minimum absolute atomic E-state index is 0.127. The van der Waals surface area contributed by atoms with E-state index in [2.05, 4.69) is 15.1 Å². The van der Waals surface area contributed by atoms with Crippen LogP contribution < -0.4 is 15.2 Å². The van der Waals surface area contributed by atoms with Gasteiger partial charge in [0.05, 0.1) is 18.1 Å². The van der Waals surface area contributed by atoms with Crippen LogP contribution in [0.5, 0.6) is 11.5 Å². The Bertz CT molecular complexity index is 893. The van der Waals surface area contributed by atoms with E-state index in [1.165, 1.54) is 0 Å². The van der Waals surface area contributed by atoms with Crippen molar-refractivity contribution < 1.29 is 9.47 Å². The number of hydrogen-bond acceptors (Lipinski definition) is 6. The second kappa shape index (κ2) is 4.74. The fourth-order valence-corrected chi connectivity index (χ4v) is 2.69. The van der Waals surface area contributed by atoms with Crippen LogP contribution in [0, 0.1) is 6.92 Å². The minimum Gasteiger partial charge on any atom is -0.454 e. The molecule has 22 heavy (non-hydrogen) atoms. The maximum absolute atomic E-state index is 6.07. The van der Waals surface area contributed by atoms with Gasteiger partial charge in [-0.15, -0.1) is 0 Å². The van der Waals surface area contributed by atoms with E-state index >= 15 is 0 Å². The highest BCUT2D eigenvalue weighted by atomic mass is 35.5. The first-order valence-corrected chi connectivity index (χ1v) is 7.03. The molecule has 0 amide bonds. The molecule has 8 heteroatoms. The van der Waals surface area contributed by atoms with E-state index in [9.17, 15) is 0 Å². The van der Waals surface area contributed by atoms with Gasteiger partial charge < -0.3 is 15.2 Å². The Labute approximate surface area is 130 Å². The summed E-state index contributed by atoms with van der Waals surface area (Å²) < 4.78 is 12.5. The standard InChI is InChI=1S/C14H12ClN5O2/c1-7-2-10-11(22-6-21-10)3-8(7)5-20-13-9(4-17-20)12(15)18-14(16)19-13/h2-4H,5-6H2,1H3,(H2,16,18,19). The number of ether oxygens (including phenoxy) is 2. The average Bonchev–Trinajstić information content (AvgIpc) is 3.06. The van der Waals surface area contributed by atoms with Crippen LogP contribution in [-0.4, -0.2) is 26.5 Å². The number of halogens is 1. The molecular weight excluding hydrogens is 306 g/mol. The largest absolute Gasteiger partial charge is 0.454 e. The SMILES string of the molecule is Cc1cc2c(cc1Cn1ncc3c(Cl)nc(N)nc31)OCO2. The summed E-state index contributed by atoms with van der Waals surface area (Å²) in [6.45, 7) is 2.79. The van der Waals surface area contributed by atoms with E-state index in [4.69, 9.17) is 26.8 Å². The lowest BCUT2D eigenvalue weighted by Gasteiger charge is -2.08. The summed E-state index contributed by atoms with van der Waals surface area (Å²) in [5.41, 5.74) is 8.41. The number of nitrogens with zero attached hydrogens (tertiary/aromatic N) is 4. The van der Waals surface area contributed by atoms with Gasteiger partial charge in [-0.3, -0.25) is 0 Å². The van der Waals surface area contributed by atoms with Crippen molar-refractivity contribution in [3.63, 3.8) is 0 Å². The lowest BCUT2D eigenvalue weighted by atomic mass is 10.1. The Kier molecular flexibility index (Phi) is 2.83. The van der Waals surface area contributed by atoms with Crippen molar-refractivity contribution in [2.75, 3.05) is 12.5 Å². The number of hydrogen-bond donors (Lipinski definition) is 1. The molecule has 0 radical (unpaired) electrons. The molecule has 0 saturated carbocycles. The second-order valence-corrected chi connectivity index (χ2v) is 5.40. The molecule has 2 N–H and O–H groups in total. The van der Waals surface area contributed by atoms with Crippen molar-refractivity contribution in [3.05, 3.63) is 34.6 Å². The Hall–Kier alpha value is -2.54. The van der Waals surface area contributed by atoms with Crippen LogP contribution in [0.3, 0.4) is 0 Å². The summed E-state index contributed by atoms with van der Waals surface area (Å²) in [6, 6.07) is 3.91. The van der Waals surface area contributed by atoms with Gasteiger partial charge in [0, 0.05) is 0 Å². The number of anilines is 1. The smallest absolute Gasteiger partial charge is 0.231 e.